The normalized spacial score (nSPS) is 15.5. The highest BCUT2D eigenvalue weighted by atomic mass is 16.3. The summed E-state index contributed by atoms with van der Waals surface area (Å²) in [5.74, 6) is -0.00951. The zero-order valence-corrected chi connectivity index (χ0v) is 19.3. The summed E-state index contributed by atoms with van der Waals surface area (Å²) in [5, 5.41) is 7.38. The Labute approximate surface area is 200 Å². The number of aromatic nitrogens is 4. The number of carbonyl (C=O) groups is 2. The van der Waals surface area contributed by atoms with Crippen LogP contribution in [0, 0.1) is 12.8 Å². The second-order valence-electron chi connectivity index (χ2n) is 8.45. The summed E-state index contributed by atoms with van der Waals surface area (Å²) in [4.78, 5) is 46.8. The monoisotopic (exact) mass is 472 g/mol. The number of benzene rings is 1. The molecule has 1 fully saturated rings. The van der Waals surface area contributed by atoms with Crippen molar-refractivity contribution in [2.75, 3.05) is 16.8 Å². The van der Waals surface area contributed by atoms with E-state index in [1.54, 1.807) is 23.1 Å². The number of amides is 2. The largest absolute Gasteiger partial charge is 0.463 e. The fourth-order valence-corrected chi connectivity index (χ4v) is 4.11. The average Bonchev–Trinajstić information content (AvgIpc) is 3.58. The van der Waals surface area contributed by atoms with E-state index < -0.39 is 5.92 Å². The van der Waals surface area contributed by atoms with Gasteiger partial charge in [-0.05, 0) is 43.2 Å². The number of hydrogen-bond donors (Lipinski definition) is 2. The van der Waals surface area contributed by atoms with Crippen molar-refractivity contribution in [1.29, 1.82) is 0 Å². The van der Waals surface area contributed by atoms with Crippen LogP contribution in [0.25, 0.3) is 17.4 Å². The maximum absolute atomic E-state index is 13.2. The molecule has 5 rings (SSSR count). The summed E-state index contributed by atoms with van der Waals surface area (Å²) in [5.41, 5.74) is 2.53. The lowest BCUT2D eigenvalue weighted by Gasteiger charge is -2.17. The summed E-state index contributed by atoms with van der Waals surface area (Å²) in [6.45, 7) is 4.12. The molecule has 0 aliphatic carbocycles. The Bertz CT molecular complexity index is 1450. The minimum atomic E-state index is -0.549. The predicted octanol–water partition coefficient (Wildman–Crippen LogP) is 3.08. The lowest BCUT2D eigenvalue weighted by atomic mass is 10.1. The van der Waals surface area contributed by atoms with Crippen LogP contribution in [0.4, 0.5) is 11.5 Å². The molecule has 3 aromatic heterocycles. The van der Waals surface area contributed by atoms with E-state index >= 15 is 0 Å². The van der Waals surface area contributed by atoms with E-state index in [1.165, 1.54) is 17.0 Å². The molecule has 4 heterocycles. The quantitative estimate of drug-likeness (QED) is 0.444. The molecule has 0 saturated carbocycles. The molecule has 0 bridgehead atoms. The van der Waals surface area contributed by atoms with Crippen molar-refractivity contribution in [3.63, 3.8) is 0 Å². The lowest BCUT2D eigenvalue weighted by molar-refractivity contribution is -0.122. The Morgan fingerprint density at radius 2 is 2.06 bits per heavy atom. The third kappa shape index (κ3) is 4.50. The highest BCUT2D eigenvalue weighted by Crippen LogP contribution is 2.28. The van der Waals surface area contributed by atoms with Crippen molar-refractivity contribution < 1.29 is 14.0 Å². The molecule has 1 aliphatic heterocycles. The zero-order valence-electron chi connectivity index (χ0n) is 19.3. The molecule has 1 atom stereocenters. The van der Waals surface area contributed by atoms with Gasteiger partial charge in [-0.15, -0.1) is 0 Å². The molecule has 10 heteroatoms. The van der Waals surface area contributed by atoms with E-state index in [0.717, 1.165) is 11.3 Å². The lowest BCUT2D eigenvalue weighted by Crippen LogP contribution is -2.29. The third-order valence-corrected chi connectivity index (χ3v) is 5.89. The van der Waals surface area contributed by atoms with Gasteiger partial charge in [0.2, 0.25) is 17.8 Å². The second-order valence-corrected chi connectivity index (χ2v) is 8.45. The van der Waals surface area contributed by atoms with E-state index in [2.05, 4.69) is 20.4 Å². The summed E-state index contributed by atoms with van der Waals surface area (Å²) >= 11 is 0. The molecule has 4 aromatic rings. The summed E-state index contributed by atoms with van der Waals surface area (Å²) in [7, 11) is 0. The first-order valence-electron chi connectivity index (χ1n) is 11.3. The topological polar surface area (TPSA) is 126 Å². The highest BCUT2D eigenvalue weighted by molar-refractivity contribution is 6.03. The van der Waals surface area contributed by atoms with Gasteiger partial charge in [0.25, 0.3) is 5.56 Å². The first-order chi connectivity index (χ1) is 16.9. The van der Waals surface area contributed by atoms with Gasteiger partial charge < -0.3 is 14.6 Å². The molecule has 178 valence electrons. The fraction of sp³-hybridized carbons (Fsp3) is 0.240. The number of aryl methyl sites for hydroxylation is 2. The molecule has 1 saturated heterocycles. The molecule has 1 aromatic carbocycles. The number of carbonyl (C=O) groups excluding carboxylic acids is 2. The van der Waals surface area contributed by atoms with Gasteiger partial charge in [0, 0.05) is 36.5 Å². The van der Waals surface area contributed by atoms with Crippen LogP contribution in [0.3, 0.4) is 0 Å². The maximum atomic E-state index is 13.2. The van der Waals surface area contributed by atoms with E-state index in [0.29, 0.717) is 29.4 Å². The molecule has 0 radical (unpaired) electrons. The third-order valence-electron chi connectivity index (χ3n) is 5.89. The van der Waals surface area contributed by atoms with Crippen molar-refractivity contribution in [2.45, 2.75) is 26.7 Å². The molecular weight excluding hydrogens is 448 g/mol. The van der Waals surface area contributed by atoms with Gasteiger partial charge in [-0.1, -0.05) is 19.1 Å². The number of aromatic amines is 1. The van der Waals surface area contributed by atoms with Crippen molar-refractivity contribution in [3.05, 3.63) is 76.4 Å². The summed E-state index contributed by atoms with van der Waals surface area (Å²) in [6.07, 6.45) is 2.18. The minimum Gasteiger partial charge on any atom is -0.463 e. The zero-order chi connectivity index (χ0) is 24.5. The number of furan rings is 1. The highest BCUT2D eigenvalue weighted by Gasteiger charge is 2.35. The Balaban J connectivity index is 1.44. The fourth-order valence-electron chi connectivity index (χ4n) is 4.11. The van der Waals surface area contributed by atoms with Crippen LogP contribution >= 0.6 is 0 Å². The van der Waals surface area contributed by atoms with Crippen LogP contribution in [0.2, 0.25) is 0 Å². The van der Waals surface area contributed by atoms with Crippen LogP contribution < -0.4 is 15.8 Å². The van der Waals surface area contributed by atoms with Crippen LogP contribution in [0.5, 0.6) is 0 Å². The van der Waals surface area contributed by atoms with Gasteiger partial charge in [-0.3, -0.25) is 19.4 Å². The number of nitrogens with zero attached hydrogens (tertiary/aromatic N) is 4. The Morgan fingerprint density at radius 1 is 1.20 bits per heavy atom. The number of rotatable bonds is 6. The van der Waals surface area contributed by atoms with E-state index in [1.807, 2.05) is 38.1 Å². The van der Waals surface area contributed by atoms with E-state index in [-0.39, 0.29) is 36.3 Å². The SMILES string of the molecule is CCc1cc(=O)[nH]c(-n2nc(-c3ccco3)cc2NC(=O)C2CC(=O)N(c3cccc(C)c3)C2)n1. The molecule has 1 aliphatic rings. The van der Waals surface area contributed by atoms with Crippen molar-refractivity contribution in [3.8, 4) is 17.4 Å². The number of anilines is 2. The van der Waals surface area contributed by atoms with E-state index in [9.17, 15) is 14.4 Å². The van der Waals surface area contributed by atoms with Crippen LogP contribution in [0.1, 0.15) is 24.6 Å². The van der Waals surface area contributed by atoms with Gasteiger partial charge in [0.15, 0.2) is 5.76 Å². The Kier molecular flexibility index (Phi) is 5.77. The first kappa shape index (κ1) is 22.3. The van der Waals surface area contributed by atoms with Crippen LogP contribution in [-0.2, 0) is 16.0 Å². The summed E-state index contributed by atoms with van der Waals surface area (Å²) < 4.78 is 6.82. The molecule has 10 nitrogen and oxygen atoms in total. The van der Waals surface area contributed by atoms with Gasteiger partial charge in [-0.25, -0.2) is 4.98 Å². The smallest absolute Gasteiger partial charge is 0.252 e. The number of nitrogens with one attached hydrogen (secondary N) is 2. The molecule has 1 unspecified atom stereocenters. The average molecular weight is 473 g/mol. The Hall–Kier alpha value is -4.47. The van der Waals surface area contributed by atoms with Gasteiger partial charge in [0.05, 0.1) is 12.2 Å². The predicted molar refractivity (Wildman–Crippen MR) is 129 cm³/mol. The maximum Gasteiger partial charge on any atom is 0.252 e. The number of hydrogen-bond acceptors (Lipinski definition) is 6. The van der Waals surface area contributed by atoms with Crippen molar-refractivity contribution in [1.82, 2.24) is 19.7 Å². The molecular formula is C25H24N6O4. The Morgan fingerprint density at radius 3 is 2.80 bits per heavy atom. The molecule has 0 spiro atoms. The minimum absolute atomic E-state index is 0.0966. The van der Waals surface area contributed by atoms with Gasteiger partial charge in [-0.2, -0.15) is 9.78 Å². The van der Waals surface area contributed by atoms with Crippen molar-refractivity contribution in [2.24, 2.45) is 5.92 Å². The molecule has 2 amide bonds. The van der Waals surface area contributed by atoms with Gasteiger partial charge >= 0.3 is 0 Å². The summed E-state index contributed by atoms with van der Waals surface area (Å²) in [6, 6.07) is 14.2. The van der Waals surface area contributed by atoms with E-state index in [4.69, 9.17) is 4.42 Å². The van der Waals surface area contributed by atoms with Crippen LogP contribution in [0.15, 0.2) is 64.0 Å². The van der Waals surface area contributed by atoms with Crippen molar-refractivity contribution >= 4 is 23.3 Å². The first-order valence-corrected chi connectivity index (χ1v) is 11.3. The molecule has 2 N–H and O–H groups in total. The second kappa shape index (κ2) is 9.05. The van der Waals surface area contributed by atoms with Gasteiger partial charge in [0.1, 0.15) is 11.5 Å². The van der Waals surface area contributed by atoms with Crippen LogP contribution in [-0.4, -0.2) is 38.1 Å². The standard InChI is InChI=1S/C25H24N6O4/c1-3-17-12-22(32)28-25(26-17)31-21(13-19(29-31)20-8-5-9-35-20)27-24(34)16-11-23(33)30(14-16)18-7-4-6-15(2)10-18/h4-10,12-13,16H,3,11,14H2,1-2H3,(H,27,34)(H,26,28,32). The number of H-pyrrole nitrogens is 1. The molecule has 35 heavy (non-hydrogen) atoms.